The van der Waals surface area contributed by atoms with Gasteiger partial charge in [-0.15, -0.1) is 0 Å². The van der Waals surface area contributed by atoms with E-state index >= 15 is 0 Å². The second kappa shape index (κ2) is 5.36. The van der Waals surface area contributed by atoms with Crippen LogP contribution in [0.1, 0.15) is 66.0 Å². The summed E-state index contributed by atoms with van der Waals surface area (Å²) in [7, 11) is 0. The molecule has 0 aromatic heterocycles. The van der Waals surface area contributed by atoms with E-state index in [2.05, 4.69) is 47.6 Å². The average Bonchev–Trinajstić information content (AvgIpc) is 2.26. The molecule has 2 heteroatoms. The van der Waals surface area contributed by atoms with E-state index in [4.69, 9.17) is 4.74 Å². The minimum Gasteiger partial charge on any atom is -0.427 e. The molecule has 0 radical (unpaired) electrons. The number of hydrogen-bond donors (Lipinski definition) is 0. The second-order valence-electron chi connectivity index (χ2n) is 7.04. The Morgan fingerprint density at radius 2 is 1.53 bits per heavy atom. The lowest BCUT2D eigenvalue weighted by molar-refractivity contribution is -0.134. The fourth-order valence-corrected chi connectivity index (χ4v) is 2.06. The molecule has 0 bridgehead atoms. The molecule has 0 aliphatic rings. The Hall–Kier alpha value is -1.31. The number of ether oxygens (including phenoxy) is 1. The summed E-state index contributed by atoms with van der Waals surface area (Å²) in [5, 5.41) is 0. The van der Waals surface area contributed by atoms with Crippen LogP contribution in [-0.4, -0.2) is 5.97 Å². The van der Waals surface area contributed by atoms with Gasteiger partial charge in [-0.2, -0.15) is 0 Å². The molecule has 0 spiro atoms. The molecule has 0 aliphatic heterocycles. The molecular weight excluding hydrogens is 236 g/mol. The zero-order valence-corrected chi connectivity index (χ0v) is 13.3. The highest BCUT2D eigenvalue weighted by Gasteiger charge is 2.25. The normalized spacial score (nSPS) is 12.4. The minimum atomic E-state index is -0.191. The standard InChI is InChI=1S/C17H26O2/c1-8-15(18)19-12-9-10-13(16(2,3)4)14(11-12)17(5,6)7/h9-11H,8H2,1-7H3. The van der Waals surface area contributed by atoms with Crippen LogP contribution in [0.5, 0.6) is 5.75 Å². The fourth-order valence-electron chi connectivity index (χ4n) is 2.06. The Bertz CT molecular complexity index is 459. The lowest BCUT2D eigenvalue weighted by atomic mass is 9.75. The van der Waals surface area contributed by atoms with Gasteiger partial charge in [0.2, 0.25) is 0 Å². The van der Waals surface area contributed by atoms with Gasteiger partial charge in [0.05, 0.1) is 0 Å². The van der Waals surface area contributed by atoms with Crippen molar-refractivity contribution in [2.45, 2.75) is 65.7 Å². The molecule has 2 nitrogen and oxygen atoms in total. The van der Waals surface area contributed by atoms with Crippen molar-refractivity contribution in [3.63, 3.8) is 0 Å². The number of carbonyl (C=O) groups is 1. The molecule has 0 saturated carbocycles. The van der Waals surface area contributed by atoms with E-state index in [1.807, 2.05) is 12.1 Å². The summed E-state index contributed by atoms with van der Waals surface area (Å²) >= 11 is 0. The number of esters is 1. The smallest absolute Gasteiger partial charge is 0.310 e. The molecule has 0 fully saturated rings. The van der Waals surface area contributed by atoms with Crippen molar-refractivity contribution in [1.29, 1.82) is 0 Å². The van der Waals surface area contributed by atoms with Gasteiger partial charge in [0, 0.05) is 6.42 Å². The highest BCUT2D eigenvalue weighted by molar-refractivity contribution is 5.72. The van der Waals surface area contributed by atoms with Gasteiger partial charge in [-0.3, -0.25) is 4.79 Å². The summed E-state index contributed by atoms with van der Waals surface area (Å²) in [6.45, 7) is 15.0. The predicted octanol–water partition coefficient (Wildman–Crippen LogP) is 4.60. The van der Waals surface area contributed by atoms with Crippen LogP contribution in [0, 0.1) is 0 Å². The van der Waals surface area contributed by atoms with E-state index in [1.54, 1.807) is 6.92 Å². The largest absolute Gasteiger partial charge is 0.427 e. The first-order chi connectivity index (χ1) is 8.55. The highest BCUT2D eigenvalue weighted by atomic mass is 16.5. The first-order valence-corrected chi connectivity index (χ1v) is 6.91. The first-order valence-electron chi connectivity index (χ1n) is 6.91. The summed E-state index contributed by atoms with van der Waals surface area (Å²) < 4.78 is 5.33. The summed E-state index contributed by atoms with van der Waals surface area (Å²) in [4.78, 5) is 11.4. The average molecular weight is 262 g/mol. The fraction of sp³-hybridized carbons (Fsp3) is 0.588. The van der Waals surface area contributed by atoms with Crippen LogP contribution in [0.15, 0.2) is 18.2 Å². The van der Waals surface area contributed by atoms with Gasteiger partial charge in [-0.25, -0.2) is 0 Å². The van der Waals surface area contributed by atoms with Crippen molar-refractivity contribution >= 4 is 5.97 Å². The summed E-state index contributed by atoms with van der Waals surface area (Å²) in [5.74, 6) is 0.452. The van der Waals surface area contributed by atoms with Crippen LogP contribution >= 0.6 is 0 Å². The van der Waals surface area contributed by atoms with Gasteiger partial charge < -0.3 is 4.74 Å². The quantitative estimate of drug-likeness (QED) is 0.575. The maximum Gasteiger partial charge on any atom is 0.310 e. The zero-order valence-electron chi connectivity index (χ0n) is 13.3. The van der Waals surface area contributed by atoms with Crippen LogP contribution in [-0.2, 0) is 15.6 Å². The molecule has 19 heavy (non-hydrogen) atoms. The third-order valence-corrected chi connectivity index (χ3v) is 3.13. The van der Waals surface area contributed by atoms with Gasteiger partial charge >= 0.3 is 5.97 Å². The lowest BCUT2D eigenvalue weighted by Crippen LogP contribution is -2.22. The van der Waals surface area contributed by atoms with Crippen molar-refractivity contribution in [3.05, 3.63) is 29.3 Å². The van der Waals surface area contributed by atoms with Crippen LogP contribution in [0.4, 0.5) is 0 Å². The van der Waals surface area contributed by atoms with Crippen LogP contribution in [0.3, 0.4) is 0 Å². The van der Waals surface area contributed by atoms with Gasteiger partial charge in [0.1, 0.15) is 5.75 Å². The maximum absolute atomic E-state index is 11.4. The topological polar surface area (TPSA) is 26.3 Å². The molecule has 0 aliphatic carbocycles. The Balaban J connectivity index is 3.28. The maximum atomic E-state index is 11.4. The Labute approximate surface area is 117 Å². The third kappa shape index (κ3) is 4.09. The summed E-state index contributed by atoms with van der Waals surface area (Å²) in [5.41, 5.74) is 2.64. The van der Waals surface area contributed by atoms with Crippen LogP contribution < -0.4 is 4.74 Å². The van der Waals surface area contributed by atoms with Crippen molar-refractivity contribution in [2.24, 2.45) is 0 Å². The molecule has 0 amide bonds. The van der Waals surface area contributed by atoms with Crippen LogP contribution in [0.25, 0.3) is 0 Å². The number of hydrogen-bond acceptors (Lipinski definition) is 2. The minimum absolute atomic E-state index is 0.0250. The van der Waals surface area contributed by atoms with Gasteiger partial charge in [-0.05, 0) is 34.1 Å². The van der Waals surface area contributed by atoms with Gasteiger partial charge in [-0.1, -0.05) is 54.5 Å². The summed E-state index contributed by atoms with van der Waals surface area (Å²) in [6.07, 6.45) is 0.395. The monoisotopic (exact) mass is 262 g/mol. The molecule has 1 aromatic carbocycles. The summed E-state index contributed by atoms with van der Waals surface area (Å²) in [6, 6.07) is 5.98. The molecule has 0 N–H and O–H groups in total. The number of carbonyl (C=O) groups excluding carboxylic acids is 1. The molecule has 0 heterocycles. The molecule has 106 valence electrons. The zero-order chi connectivity index (χ0) is 14.8. The first kappa shape index (κ1) is 15.7. The van der Waals surface area contributed by atoms with E-state index in [0.717, 1.165) is 0 Å². The second-order valence-corrected chi connectivity index (χ2v) is 7.04. The molecule has 1 rings (SSSR count). The van der Waals surface area contributed by atoms with Gasteiger partial charge in [0.25, 0.3) is 0 Å². The SMILES string of the molecule is CCC(=O)Oc1ccc(C(C)(C)C)c(C(C)(C)C)c1. The van der Waals surface area contributed by atoms with Crippen molar-refractivity contribution in [3.8, 4) is 5.75 Å². The lowest BCUT2D eigenvalue weighted by Gasteiger charge is -2.30. The molecule has 1 aromatic rings. The Kier molecular flexibility index (Phi) is 4.44. The van der Waals surface area contributed by atoms with E-state index in [1.165, 1.54) is 11.1 Å². The molecule has 0 unspecified atom stereocenters. The van der Waals surface area contributed by atoms with Crippen LogP contribution in [0.2, 0.25) is 0 Å². The van der Waals surface area contributed by atoms with E-state index in [-0.39, 0.29) is 16.8 Å². The van der Waals surface area contributed by atoms with Crippen molar-refractivity contribution in [2.75, 3.05) is 0 Å². The van der Waals surface area contributed by atoms with Gasteiger partial charge in [0.15, 0.2) is 0 Å². The molecular formula is C17H26O2. The number of rotatable bonds is 2. The predicted molar refractivity (Wildman–Crippen MR) is 79.8 cm³/mol. The highest BCUT2D eigenvalue weighted by Crippen LogP contribution is 2.36. The number of benzene rings is 1. The van der Waals surface area contributed by atoms with E-state index < -0.39 is 0 Å². The van der Waals surface area contributed by atoms with E-state index in [0.29, 0.717) is 12.2 Å². The Morgan fingerprint density at radius 1 is 1.00 bits per heavy atom. The van der Waals surface area contributed by atoms with Crippen molar-refractivity contribution < 1.29 is 9.53 Å². The molecule has 0 saturated heterocycles. The van der Waals surface area contributed by atoms with Crippen molar-refractivity contribution in [1.82, 2.24) is 0 Å². The third-order valence-electron chi connectivity index (χ3n) is 3.13. The van der Waals surface area contributed by atoms with E-state index in [9.17, 15) is 4.79 Å². The Morgan fingerprint density at radius 3 is 1.95 bits per heavy atom. The molecule has 0 atom stereocenters.